The van der Waals surface area contributed by atoms with Crippen LogP contribution in [0, 0.1) is 23.5 Å². The van der Waals surface area contributed by atoms with Crippen LogP contribution in [0.5, 0.6) is 0 Å². The average Bonchev–Trinajstić information content (AvgIpc) is 3.06. The summed E-state index contributed by atoms with van der Waals surface area (Å²) < 4.78 is 26.1. The highest BCUT2D eigenvalue weighted by Crippen LogP contribution is 2.41. The fraction of sp³-hybridized carbons (Fsp3) is 0.600. The Balaban J connectivity index is 2.00. The first kappa shape index (κ1) is 13.5. The molecule has 0 heterocycles. The lowest BCUT2D eigenvalue weighted by atomic mass is 10.0. The predicted octanol–water partition coefficient (Wildman–Crippen LogP) is 3.53. The molecule has 0 spiro atoms. The van der Waals surface area contributed by atoms with Gasteiger partial charge in [0.05, 0.1) is 0 Å². The second-order valence-corrected chi connectivity index (χ2v) is 5.39. The molecule has 3 unspecified atom stereocenters. The summed E-state index contributed by atoms with van der Waals surface area (Å²) in [7, 11) is 0. The fourth-order valence-corrected chi connectivity index (χ4v) is 2.54. The Morgan fingerprint density at radius 2 is 2.06 bits per heavy atom. The lowest BCUT2D eigenvalue weighted by molar-refractivity contribution is 0.441. The summed E-state index contributed by atoms with van der Waals surface area (Å²) >= 11 is 0. The van der Waals surface area contributed by atoms with E-state index >= 15 is 0 Å². The summed E-state index contributed by atoms with van der Waals surface area (Å²) in [5.41, 5.74) is 0.876. The zero-order valence-electron chi connectivity index (χ0n) is 11.0. The van der Waals surface area contributed by atoms with E-state index in [9.17, 15) is 8.78 Å². The molecule has 3 atom stereocenters. The minimum atomic E-state index is -0.767. The third-order valence-corrected chi connectivity index (χ3v) is 3.78. The molecule has 18 heavy (non-hydrogen) atoms. The van der Waals surface area contributed by atoms with Crippen molar-refractivity contribution in [3.8, 4) is 0 Å². The van der Waals surface area contributed by atoms with Gasteiger partial charge in [-0.25, -0.2) is 8.78 Å². The normalized spacial score (nSPS) is 24.0. The molecule has 0 amide bonds. The standard InChI is InChI=1S/C15H21F2N/c1-3-6-18-15(12-7-10(12)2)9-11-4-5-13(16)14(17)8-11/h4-5,8,10,12,15,18H,3,6-7,9H2,1-2H3. The number of hydrogen-bond donors (Lipinski definition) is 1. The Bertz CT molecular complexity index is 405. The minimum Gasteiger partial charge on any atom is -0.313 e. The van der Waals surface area contributed by atoms with Gasteiger partial charge in [-0.15, -0.1) is 0 Å². The molecule has 1 N–H and O–H groups in total. The van der Waals surface area contributed by atoms with Gasteiger partial charge in [-0.3, -0.25) is 0 Å². The van der Waals surface area contributed by atoms with E-state index in [0.717, 1.165) is 30.9 Å². The summed E-state index contributed by atoms with van der Waals surface area (Å²) in [6.07, 6.45) is 3.12. The molecule has 0 radical (unpaired) electrons. The van der Waals surface area contributed by atoms with Crippen LogP contribution in [0.4, 0.5) is 8.78 Å². The molecule has 100 valence electrons. The molecule has 2 rings (SSSR count). The lowest BCUT2D eigenvalue weighted by Crippen LogP contribution is -2.34. The molecule has 0 aliphatic heterocycles. The van der Waals surface area contributed by atoms with Crippen molar-refractivity contribution in [3.05, 3.63) is 35.4 Å². The van der Waals surface area contributed by atoms with E-state index in [1.54, 1.807) is 6.07 Å². The van der Waals surface area contributed by atoms with E-state index in [1.807, 2.05) is 0 Å². The summed E-state index contributed by atoms with van der Waals surface area (Å²) in [4.78, 5) is 0. The van der Waals surface area contributed by atoms with Gasteiger partial charge in [0.15, 0.2) is 11.6 Å². The highest BCUT2D eigenvalue weighted by atomic mass is 19.2. The third-order valence-electron chi connectivity index (χ3n) is 3.78. The van der Waals surface area contributed by atoms with Crippen LogP contribution in [0.1, 0.15) is 32.3 Å². The zero-order chi connectivity index (χ0) is 13.1. The van der Waals surface area contributed by atoms with Gasteiger partial charge in [-0.2, -0.15) is 0 Å². The van der Waals surface area contributed by atoms with E-state index in [2.05, 4.69) is 19.2 Å². The van der Waals surface area contributed by atoms with Crippen LogP contribution in [0.15, 0.2) is 18.2 Å². The van der Waals surface area contributed by atoms with Gasteiger partial charge in [-0.05, 0) is 55.3 Å². The van der Waals surface area contributed by atoms with E-state index < -0.39 is 11.6 Å². The van der Waals surface area contributed by atoms with Gasteiger partial charge in [0.25, 0.3) is 0 Å². The molecule has 0 bridgehead atoms. The van der Waals surface area contributed by atoms with Crippen LogP contribution in [0.2, 0.25) is 0 Å². The topological polar surface area (TPSA) is 12.0 Å². The first-order chi connectivity index (χ1) is 8.61. The van der Waals surface area contributed by atoms with Crippen molar-refractivity contribution in [1.82, 2.24) is 5.32 Å². The molecule has 0 saturated heterocycles. The van der Waals surface area contributed by atoms with Crippen LogP contribution in [0.3, 0.4) is 0 Å². The van der Waals surface area contributed by atoms with Crippen molar-refractivity contribution >= 4 is 0 Å². The third kappa shape index (κ3) is 3.29. The highest BCUT2D eigenvalue weighted by molar-refractivity contribution is 5.19. The minimum absolute atomic E-state index is 0.393. The molecule has 1 aromatic carbocycles. The van der Waals surface area contributed by atoms with Crippen molar-refractivity contribution < 1.29 is 8.78 Å². The van der Waals surface area contributed by atoms with Gasteiger partial charge in [0.1, 0.15) is 0 Å². The molecule has 1 aliphatic rings. The molecule has 1 aliphatic carbocycles. The van der Waals surface area contributed by atoms with Gasteiger partial charge in [0.2, 0.25) is 0 Å². The molecule has 1 aromatic rings. The van der Waals surface area contributed by atoms with E-state index in [0.29, 0.717) is 12.0 Å². The average molecular weight is 253 g/mol. The van der Waals surface area contributed by atoms with E-state index in [4.69, 9.17) is 0 Å². The maximum absolute atomic E-state index is 13.2. The second kappa shape index (κ2) is 5.79. The highest BCUT2D eigenvalue weighted by Gasteiger charge is 2.38. The van der Waals surface area contributed by atoms with E-state index in [-0.39, 0.29) is 0 Å². The summed E-state index contributed by atoms with van der Waals surface area (Å²) in [6.45, 7) is 5.37. The Kier molecular flexibility index (Phi) is 4.33. The monoisotopic (exact) mass is 253 g/mol. The second-order valence-electron chi connectivity index (χ2n) is 5.39. The van der Waals surface area contributed by atoms with Crippen molar-refractivity contribution in [2.75, 3.05) is 6.54 Å². The molecular formula is C15H21F2N. The van der Waals surface area contributed by atoms with Gasteiger partial charge >= 0.3 is 0 Å². The fourth-order valence-electron chi connectivity index (χ4n) is 2.54. The summed E-state index contributed by atoms with van der Waals surface area (Å²) in [5, 5.41) is 3.53. The number of nitrogens with one attached hydrogen (secondary N) is 1. The first-order valence-electron chi connectivity index (χ1n) is 6.79. The molecule has 1 saturated carbocycles. The Morgan fingerprint density at radius 1 is 1.33 bits per heavy atom. The maximum Gasteiger partial charge on any atom is 0.159 e. The largest absolute Gasteiger partial charge is 0.313 e. The lowest BCUT2D eigenvalue weighted by Gasteiger charge is -2.18. The van der Waals surface area contributed by atoms with Crippen LogP contribution < -0.4 is 5.32 Å². The number of halogens is 2. The smallest absolute Gasteiger partial charge is 0.159 e. The predicted molar refractivity (Wildman–Crippen MR) is 69.4 cm³/mol. The molecule has 1 nitrogen and oxygen atoms in total. The van der Waals surface area contributed by atoms with Gasteiger partial charge < -0.3 is 5.32 Å². The van der Waals surface area contributed by atoms with Gasteiger partial charge in [-0.1, -0.05) is 19.9 Å². The van der Waals surface area contributed by atoms with Crippen LogP contribution in [0.25, 0.3) is 0 Å². The number of benzene rings is 1. The molecule has 3 heteroatoms. The van der Waals surface area contributed by atoms with E-state index in [1.165, 1.54) is 18.6 Å². The Labute approximate surface area is 108 Å². The number of hydrogen-bond acceptors (Lipinski definition) is 1. The van der Waals surface area contributed by atoms with Crippen molar-refractivity contribution in [1.29, 1.82) is 0 Å². The molecule has 0 aromatic heterocycles. The van der Waals surface area contributed by atoms with Crippen molar-refractivity contribution in [3.63, 3.8) is 0 Å². The first-order valence-corrected chi connectivity index (χ1v) is 6.79. The summed E-state index contributed by atoms with van der Waals surface area (Å²) in [5.74, 6) is -0.0727. The quantitative estimate of drug-likeness (QED) is 0.817. The van der Waals surface area contributed by atoms with Gasteiger partial charge in [0, 0.05) is 6.04 Å². The van der Waals surface area contributed by atoms with Crippen LogP contribution in [-0.2, 0) is 6.42 Å². The molecular weight excluding hydrogens is 232 g/mol. The Hall–Kier alpha value is -0.960. The van der Waals surface area contributed by atoms with Crippen molar-refractivity contribution in [2.45, 2.75) is 39.2 Å². The van der Waals surface area contributed by atoms with Crippen molar-refractivity contribution in [2.24, 2.45) is 11.8 Å². The number of rotatable bonds is 6. The Morgan fingerprint density at radius 3 is 2.61 bits per heavy atom. The SMILES string of the molecule is CCCNC(Cc1ccc(F)c(F)c1)C1CC1C. The van der Waals surface area contributed by atoms with Crippen LogP contribution in [-0.4, -0.2) is 12.6 Å². The maximum atomic E-state index is 13.2. The summed E-state index contributed by atoms with van der Waals surface area (Å²) in [6, 6.07) is 4.62. The van der Waals surface area contributed by atoms with Crippen LogP contribution >= 0.6 is 0 Å². The molecule has 1 fully saturated rings. The zero-order valence-corrected chi connectivity index (χ0v) is 11.0.